The minimum absolute atomic E-state index is 0. The molecule has 0 aromatic heterocycles. The standard InChI is InChI=1S/C6H3F3.BrH/c7-4-1-2-5(8)6(9)3-4;/h1-3H;1H/p-1. The molecule has 0 amide bonds. The predicted octanol–water partition coefficient (Wildman–Crippen LogP) is -0.892. The fourth-order valence-corrected chi connectivity index (χ4v) is 0.470. The summed E-state index contributed by atoms with van der Waals surface area (Å²) in [6.45, 7) is 0. The maximum absolute atomic E-state index is 12.0. The van der Waals surface area contributed by atoms with Gasteiger partial charge in [0.15, 0.2) is 11.6 Å². The third-order valence-electron chi connectivity index (χ3n) is 0.882. The van der Waals surface area contributed by atoms with Crippen molar-refractivity contribution >= 4 is 0 Å². The first-order valence-corrected chi connectivity index (χ1v) is 2.30. The lowest BCUT2D eigenvalue weighted by molar-refractivity contribution is -0.00000355. The lowest BCUT2D eigenvalue weighted by atomic mass is 10.3. The molecule has 0 aliphatic carbocycles. The van der Waals surface area contributed by atoms with E-state index >= 15 is 0 Å². The number of hydrogen-bond donors (Lipinski definition) is 0. The van der Waals surface area contributed by atoms with Crippen molar-refractivity contribution in [2.45, 2.75) is 0 Å². The van der Waals surface area contributed by atoms with E-state index in [1.165, 1.54) is 0 Å². The molecule has 0 atom stereocenters. The summed E-state index contributed by atoms with van der Waals surface area (Å²) in [7, 11) is 0. The van der Waals surface area contributed by atoms with Gasteiger partial charge in [-0.2, -0.15) is 0 Å². The fourth-order valence-electron chi connectivity index (χ4n) is 0.470. The Morgan fingerprint density at radius 3 is 1.90 bits per heavy atom. The van der Waals surface area contributed by atoms with Gasteiger partial charge in [0.25, 0.3) is 0 Å². The second-order valence-corrected chi connectivity index (χ2v) is 1.56. The van der Waals surface area contributed by atoms with Crippen LogP contribution in [-0.4, -0.2) is 0 Å². The van der Waals surface area contributed by atoms with E-state index in [9.17, 15) is 13.2 Å². The van der Waals surface area contributed by atoms with Crippen molar-refractivity contribution in [2.75, 3.05) is 0 Å². The quantitative estimate of drug-likeness (QED) is 0.489. The highest BCUT2D eigenvalue weighted by molar-refractivity contribution is 5.07. The van der Waals surface area contributed by atoms with E-state index in [1.807, 2.05) is 0 Å². The lowest BCUT2D eigenvalue weighted by Gasteiger charge is -1.88. The van der Waals surface area contributed by atoms with Crippen LogP contribution in [0.2, 0.25) is 0 Å². The van der Waals surface area contributed by atoms with Crippen LogP contribution in [0.4, 0.5) is 13.2 Å². The molecule has 0 aliphatic heterocycles. The zero-order valence-corrected chi connectivity index (χ0v) is 6.33. The van der Waals surface area contributed by atoms with Gasteiger partial charge in [0, 0.05) is 6.07 Å². The summed E-state index contributed by atoms with van der Waals surface area (Å²) < 4.78 is 35.9. The normalized spacial score (nSPS) is 8.70. The summed E-state index contributed by atoms with van der Waals surface area (Å²) >= 11 is 0. The van der Waals surface area contributed by atoms with Gasteiger partial charge in [0.05, 0.1) is 0 Å². The predicted molar refractivity (Wildman–Crippen MR) is 26.3 cm³/mol. The van der Waals surface area contributed by atoms with Crippen LogP contribution in [0.3, 0.4) is 0 Å². The van der Waals surface area contributed by atoms with Gasteiger partial charge in [0.1, 0.15) is 5.82 Å². The molecule has 0 aliphatic rings. The zero-order valence-electron chi connectivity index (χ0n) is 4.74. The second kappa shape index (κ2) is 3.61. The molecule has 56 valence electrons. The molecule has 0 radical (unpaired) electrons. The van der Waals surface area contributed by atoms with E-state index < -0.39 is 17.5 Å². The maximum atomic E-state index is 12.0. The van der Waals surface area contributed by atoms with Gasteiger partial charge in [-0.25, -0.2) is 13.2 Å². The van der Waals surface area contributed by atoms with Gasteiger partial charge in [-0.3, -0.25) is 0 Å². The van der Waals surface area contributed by atoms with Gasteiger partial charge in [0.2, 0.25) is 0 Å². The van der Waals surface area contributed by atoms with E-state index in [2.05, 4.69) is 0 Å². The highest BCUT2D eigenvalue weighted by atomic mass is 79.9. The fraction of sp³-hybridized carbons (Fsp3) is 0. The van der Waals surface area contributed by atoms with Gasteiger partial charge >= 0.3 is 0 Å². The summed E-state index contributed by atoms with van der Waals surface area (Å²) in [6.07, 6.45) is 0. The number of halogens is 4. The largest absolute Gasteiger partial charge is 1.00 e. The van der Waals surface area contributed by atoms with Crippen molar-refractivity contribution in [2.24, 2.45) is 0 Å². The Balaban J connectivity index is 0.000000810. The molecule has 0 bridgehead atoms. The lowest BCUT2D eigenvalue weighted by Crippen LogP contribution is -3.00. The Morgan fingerprint density at radius 2 is 1.50 bits per heavy atom. The summed E-state index contributed by atoms with van der Waals surface area (Å²) in [5, 5.41) is 0. The Labute approximate surface area is 66.4 Å². The number of benzene rings is 1. The third-order valence-corrected chi connectivity index (χ3v) is 0.882. The molecule has 0 fully saturated rings. The topological polar surface area (TPSA) is 0 Å². The molecular weight excluding hydrogens is 209 g/mol. The minimum atomic E-state index is -1.16. The van der Waals surface area contributed by atoms with E-state index in [0.29, 0.717) is 6.07 Å². The van der Waals surface area contributed by atoms with Crippen molar-refractivity contribution in [3.05, 3.63) is 35.7 Å². The Bertz CT molecular complexity index is 224. The van der Waals surface area contributed by atoms with Crippen LogP contribution in [0.25, 0.3) is 0 Å². The van der Waals surface area contributed by atoms with Crippen molar-refractivity contribution in [1.29, 1.82) is 0 Å². The molecule has 0 spiro atoms. The average Bonchev–Trinajstić information content (AvgIpc) is 1.80. The molecule has 4 heteroatoms. The van der Waals surface area contributed by atoms with Crippen LogP contribution in [0, 0.1) is 17.5 Å². The summed E-state index contributed by atoms with van der Waals surface area (Å²) in [6, 6.07) is 2.10. The highest BCUT2D eigenvalue weighted by Crippen LogP contribution is 2.05. The summed E-state index contributed by atoms with van der Waals surface area (Å²) in [5.74, 6) is -2.96. The first kappa shape index (κ1) is 9.49. The van der Waals surface area contributed by atoms with Crippen molar-refractivity contribution in [3.8, 4) is 0 Å². The Kier molecular flexibility index (Phi) is 3.42. The SMILES string of the molecule is Fc1ccc(F)c(F)c1.[Br-]. The maximum Gasteiger partial charge on any atom is 0.161 e. The smallest absolute Gasteiger partial charge is 0.161 e. The van der Waals surface area contributed by atoms with Gasteiger partial charge < -0.3 is 17.0 Å². The average molecular weight is 212 g/mol. The van der Waals surface area contributed by atoms with Crippen LogP contribution in [-0.2, 0) is 0 Å². The van der Waals surface area contributed by atoms with Crippen LogP contribution >= 0.6 is 0 Å². The summed E-state index contributed by atoms with van der Waals surface area (Å²) in [5.41, 5.74) is 0. The van der Waals surface area contributed by atoms with Gasteiger partial charge in [-0.1, -0.05) is 0 Å². The van der Waals surface area contributed by atoms with Crippen molar-refractivity contribution in [3.63, 3.8) is 0 Å². The molecule has 1 aromatic carbocycles. The third kappa shape index (κ3) is 2.02. The molecule has 0 unspecified atom stereocenters. The van der Waals surface area contributed by atoms with Crippen molar-refractivity contribution < 1.29 is 30.2 Å². The monoisotopic (exact) mass is 211 g/mol. The van der Waals surface area contributed by atoms with Gasteiger partial charge in [-0.05, 0) is 12.1 Å². The van der Waals surface area contributed by atoms with Crippen LogP contribution in [0.15, 0.2) is 18.2 Å². The summed E-state index contributed by atoms with van der Waals surface area (Å²) in [4.78, 5) is 0. The van der Waals surface area contributed by atoms with E-state index in [-0.39, 0.29) is 17.0 Å². The molecular formula is C6H3BrF3-. The van der Waals surface area contributed by atoms with Crippen LogP contribution < -0.4 is 17.0 Å². The number of rotatable bonds is 0. The molecule has 0 nitrogen and oxygen atoms in total. The molecule has 0 saturated heterocycles. The highest BCUT2D eigenvalue weighted by Gasteiger charge is 1.99. The van der Waals surface area contributed by atoms with Crippen molar-refractivity contribution in [1.82, 2.24) is 0 Å². The van der Waals surface area contributed by atoms with Gasteiger partial charge in [-0.15, -0.1) is 0 Å². The van der Waals surface area contributed by atoms with Crippen LogP contribution in [0.1, 0.15) is 0 Å². The first-order chi connectivity index (χ1) is 4.20. The molecule has 10 heavy (non-hydrogen) atoms. The minimum Gasteiger partial charge on any atom is -1.00 e. The van der Waals surface area contributed by atoms with E-state index in [4.69, 9.17) is 0 Å². The number of hydrogen-bond acceptors (Lipinski definition) is 0. The molecule has 1 rings (SSSR count). The van der Waals surface area contributed by atoms with E-state index in [1.54, 1.807) is 0 Å². The Hall–Kier alpha value is -0.510. The molecule has 0 saturated carbocycles. The first-order valence-electron chi connectivity index (χ1n) is 2.30. The molecule has 0 heterocycles. The van der Waals surface area contributed by atoms with E-state index in [0.717, 1.165) is 12.1 Å². The Morgan fingerprint density at radius 1 is 0.900 bits per heavy atom. The second-order valence-electron chi connectivity index (χ2n) is 1.56. The molecule has 1 aromatic rings. The molecule has 0 N–H and O–H groups in total. The zero-order chi connectivity index (χ0) is 6.85. The van der Waals surface area contributed by atoms with Crippen LogP contribution in [0.5, 0.6) is 0 Å².